The molecule has 1 aromatic heterocycles. The van der Waals surface area contributed by atoms with Gasteiger partial charge in [-0.05, 0) is 82.9 Å². The number of aromatic nitrogens is 1. The van der Waals surface area contributed by atoms with Gasteiger partial charge in [-0.1, -0.05) is 60.7 Å². The summed E-state index contributed by atoms with van der Waals surface area (Å²) >= 11 is 0. The van der Waals surface area contributed by atoms with Gasteiger partial charge < -0.3 is 15.3 Å². The van der Waals surface area contributed by atoms with E-state index in [2.05, 4.69) is 0 Å². The minimum Gasteiger partial charge on any atom is -0.508 e. The molecule has 0 unspecified atom stereocenters. The second-order valence-corrected chi connectivity index (χ2v) is 7.52. The molecule has 3 N–H and O–H groups in total. The lowest BCUT2D eigenvalue weighted by atomic mass is 10.1. The zero-order valence-electron chi connectivity index (χ0n) is 17.8. The van der Waals surface area contributed by atoms with Gasteiger partial charge in [-0.2, -0.15) is 0 Å². The molecule has 4 nitrogen and oxygen atoms in total. The predicted octanol–water partition coefficient (Wildman–Crippen LogP) is 6.71. The van der Waals surface area contributed by atoms with Gasteiger partial charge in [0.25, 0.3) is 0 Å². The molecule has 4 heteroatoms. The Hall–Kier alpha value is -4.57. The summed E-state index contributed by atoms with van der Waals surface area (Å²) in [6.07, 6.45) is 11.7. The Morgan fingerprint density at radius 3 is 1.06 bits per heavy atom. The van der Waals surface area contributed by atoms with Crippen LogP contribution in [0.3, 0.4) is 0 Å². The molecule has 4 rings (SSSR count). The summed E-state index contributed by atoms with van der Waals surface area (Å²) in [6, 6.07) is 25.0. The maximum absolute atomic E-state index is 9.48. The average Bonchev–Trinajstić information content (AvgIpc) is 2.83. The molecule has 0 saturated heterocycles. The van der Waals surface area contributed by atoms with E-state index in [0.29, 0.717) is 0 Å². The first-order valence-electron chi connectivity index (χ1n) is 10.5. The van der Waals surface area contributed by atoms with E-state index in [9.17, 15) is 15.3 Å². The first-order valence-corrected chi connectivity index (χ1v) is 10.5. The van der Waals surface area contributed by atoms with Crippen molar-refractivity contribution >= 4 is 36.5 Å². The fraction of sp³-hybridized carbons (Fsp3) is 0. The van der Waals surface area contributed by atoms with E-state index in [4.69, 9.17) is 4.98 Å². The van der Waals surface area contributed by atoms with Crippen molar-refractivity contribution in [2.75, 3.05) is 0 Å². The van der Waals surface area contributed by atoms with Crippen molar-refractivity contribution < 1.29 is 15.3 Å². The number of rotatable bonds is 6. The van der Waals surface area contributed by atoms with Crippen LogP contribution in [0.1, 0.15) is 33.6 Å². The Balaban J connectivity index is 1.64. The van der Waals surface area contributed by atoms with E-state index in [0.717, 1.165) is 33.6 Å². The molecule has 4 aromatic rings. The molecule has 1 heterocycles. The third-order valence-electron chi connectivity index (χ3n) is 4.93. The lowest BCUT2D eigenvalue weighted by Crippen LogP contribution is -1.88. The molecule has 0 fully saturated rings. The number of phenolic OH excluding ortho intramolecular Hbond substituents is 3. The van der Waals surface area contributed by atoms with E-state index >= 15 is 0 Å². The Bertz CT molecular complexity index is 1120. The van der Waals surface area contributed by atoms with Crippen molar-refractivity contribution in [2.24, 2.45) is 0 Å². The highest BCUT2D eigenvalue weighted by Gasteiger charge is 1.99. The molecule has 0 aliphatic carbocycles. The van der Waals surface area contributed by atoms with Gasteiger partial charge in [-0.3, -0.25) is 0 Å². The molecule has 0 aliphatic heterocycles. The molecule has 162 valence electrons. The van der Waals surface area contributed by atoms with Crippen molar-refractivity contribution in [2.45, 2.75) is 0 Å². The summed E-state index contributed by atoms with van der Waals surface area (Å²) in [7, 11) is 0. The quantitative estimate of drug-likeness (QED) is 0.316. The van der Waals surface area contributed by atoms with Crippen LogP contribution in [0.25, 0.3) is 36.5 Å². The second-order valence-electron chi connectivity index (χ2n) is 7.52. The van der Waals surface area contributed by atoms with E-state index < -0.39 is 0 Å². The fourth-order valence-electron chi connectivity index (χ4n) is 3.18. The monoisotopic (exact) mass is 433 g/mol. The third-order valence-corrected chi connectivity index (χ3v) is 4.93. The molecule has 0 spiro atoms. The third kappa shape index (κ3) is 6.45. The highest BCUT2D eigenvalue weighted by atomic mass is 16.3. The first kappa shape index (κ1) is 21.7. The molecule has 0 atom stereocenters. The summed E-state index contributed by atoms with van der Waals surface area (Å²) in [5.74, 6) is 0.695. The average molecular weight is 434 g/mol. The van der Waals surface area contributed by atoms with Gasteiger partial charge >= 0.3 is 0 Å². The SMILES string of the molecule is Oc1ccc(C=Cc2cc(C=Cc3ccc(O)cc3)nc(C=Cc3ccc(O)cc3)c2)cc1. The van der Waals surface area contributed by atoms with Crippen LogP contribution < -0.4 is 0 Å². The lowest BCUT2D eigenvalue weighted by molar-refractivity contribution is 0.474. The Morgan fingerprint density at radius 1 is 0.394 bits per heavy atom. The maximum Gasteiger partial charge on any atom is 0.115 e. The molecule has 0 amide bonds. The van der Waals surface area contributed by atoms with Gasteiger partial charge in [-0.15, -0.1) is 0 Å². The molecule has 0 saturated carbocycles. The Labute approximate surface area is 192 Å². The van der Waals surface area contributed by atoms with Crippen LogP contribution in [0.15, 0.2) is 84.9 Å². The highest BCUT2D eigenvalue weighted by molar-refractivity contribution is 5.76. The topological polar surface area (TPSA) is 73.6 Å². The number of phenols is 3. The summed E-state index contributed by atoms with van der Waals surface area (Å²) in [4.78, 5) is 4.73. The second kappa shape index (κ2) is 10.2. The fourth-order valence-corrected chi connectivity index (χ4v) is 3.18. The summed E-state index contributed by atoms with van der Waals surface area (Å²) in [6.45, 7) is 0. The number of hydrogen-bond donors (Lipinski definition) is 3. The van der Waals surface area contributed by atoms with Gasteiger partial charge in [0.2, 0.25) is 0 Å². The van der Waals surface area contributed by atoms with E-state index in [1.54, 1.807) is 36.4 Å². The number of nitrogens with zero attached hydrogens (tertiary/aromatic N) is 1. The number of benzene rings is 3. The van der Waals surface area contributed by atoms with Crippen LogP contribution in [0, 0.1) is 0 Å². The summed E-state index contributed by atoms with van der Waals surface area (Å²) < 4.78 is 0. The van der Waals surface area contributed by atoms with Crippen LogP contribution in [0.2, 0.25) is 0 Å². The van der Waals surface area contributed by atoms with Crippen LogP contribution >= 0.6 is 0 Å². The van der Waals surface area contributed by atoms with Gasteiger partial charge in [0, 0.05) is 0 Å². The van der Waals surface area contributed by atoms with Crippen LogP contribution in [-0.4, -0.2) is 20.3 Å². The van der Waals surface area contributed by atoms with Gasteiger partial charge in [0.15, 0.2) is 0 Å². The summed E-state index contributed by atoms with van der Waals surface area (Å²) in [5.41, 5.74) is 5.46. The molecule has 33 heavy (non-hydrogen) atoms. The normalized spacial score (nSPS) is 11.6. The first-order chi connectivity index (χ1) is 16.0. The smallest absolute Gasteiger partial charge is 0.115 e. The van der Waals surface area contributed by atoms with Crippen molar-refractivity contribution in [1.82, 2.24) is 4.98 Å². The molecule has 0 aliphatic rings. The van der Waals surface area contributed by atoms with E-state index in [1.165, 1.54) is 0 Å². The standard InChI is InChI=1S/C29H23NO3/c31-27-13-5-21(6-14-27)1-2-24-19-25(11-3-22-7-15-28(32)16-8-22)30-26(20-24)12-4-23-9-17-29(33)18-10-23/h1-20,31-33H. The lowest BCUT2D eigenvalue weighted by Gasteiger charge is -2.03. The van der Waals surface area contributed by atoms with Crippen molar-refractivity contribution in [3.05, 3.63) is 119 Å². The zero-order valence-corrected chi connectivity index (χ0v) is 17.8. The van der Waals surface area contributed by atoms with Crippen molar-refractivity contribution in [3.63, 3.8) is 0 Å². The van der Waals surface area contributed by atoms with E-state index in [-0.39, 0.29) is 17.2 Å². The van der Waals surface area contributed by atoms with Gasteiger partial charge in [-0.25, -0.2) is 4.98 Å². The predicted molar refractivity (Wildman–Crippen MR) is 135 cm³/mol. The van der Waals surface area contributed by atoms with Crippen molar-refractivity contribution in [3.8, 4) is 17.2 Å². The van der Waals surface area contributed by atoms with Gasteiger partial charge in [0.05, 0.1) is 11.4 Å². The largest absolute Gasteiger partial charge is 0.508 e. The Kier molecular flexibility index (Phi) is 6.67. The van der Waals surface area contributed by atoms with Crippen LogP contribution in [0.5, 0.6) is 17.2 Å². The highest BCUT2D eigenvalue weighted by Crippen LogP contribution is 2.18. The van der Waals surface area contributed by atoms with E-state index in [1.807, 2.05) is 85.0 Å². The van der Waals surface area contributed by atoms with Gasteiger partial charge in [0.1, 0.15) is 17.2 Å². The Morgan fingerprint density at radius 2 is 0.697 bits per heavy atom. The minimum atomic E-state index is 0.230. The molecular formula is C29H23NO3. The number of pyridine rings is 1. The van der Waals surface area contributed by atoms with Crippen LogP contribution in [-0.2, 0) is 0 Å². The van der Waals surface area contributed by atoms with Crippen LogP contribution in [0.4, 0.5) is 0 Å². The zero-order chi connectivity index (χ0) is 23.0. The number of aromatic hydroxyl groups is 3. The molecule has 3 aromatic carbocycles. The molecule has 0 radical (unpaired) electrons. The number of hydrogen-bond acceptors (Lipinski definition) is 4. The van der Waals surface area contributed by atoms with Crippen molar-refractivity contribution in [1.29, 1.82) is 0 Å². The summed E-state index contributed by atoms with van der Waals surface area (Å²) in [5, 5.41) is 28.4. The minimum absolute atomic E-state index is 0.230. The molecular weight excluding hydrogens is 410 g/mol. The molecule has 0 bridgehead atoms. The maximum atomic E-state index is 9.48.